The van der Waals surface area contributed by atoms with Crippen molar-refractivity contribution >= 4 is 5.97 Å². The SMILES string of the molecule is CCCCC=CC(=O)O. The third kappa shape index (κ3) is 7.21. The smallest absolute Gasteiger partial charge is 0.327 e. The van der Waals surface area contributed by atoms with Crippen molar-refractivity contribution in [3.63, 3.8) is 0 Å². The van der Waals surface area contributed by atoms with E-state index in [-0.39, 0.29) is 0 Å². The van der Waals surface area contributed by atoms with Gasteiger partial charge in [0.2, 0.25) is 0 Å². The van der Waals surface area contributed by atoms with Gasteiger partial charge in [0.1, 0.15) is 0 Å². The predicted molar refractivity (Wildman–Crippen MR) is 36.3 cm³/mol. The Labute approximate surface area is 55.2 Å². The van der Waals surface area contributed by atoms with Gasteiger partial charge in [-0.05, 0) is 6.42 Å². The maximum atomic E-state index is 9.88. The van der Waals surface area contributed by atoms with Gasteiger partial charge in [-0.3, -0.25) is 0 Å². The molecule has 2 nitrogen and oxygen atoms in total. The quantitative estimate of drug-likeness (QED) is 0.463. The number of hydrogen-bond donors (Lipinski definition) is 1. The summed E-state index contributed by atoms with van der Waals surface area (Å²) >= 11 is 0. The molecule has 0 rings (SSSR count). The number of allylic oxidation sites excluding steroid dienone is 1. The largest absolute Gasteiger partial charge is 0.478 e. The zero-order chi connectivity index (χ0) is 7.11. The average molecular weight is 128 g/mol. The molecule has 0 fully saturated rings. The predicted octanol–water partition coefficient (Wildman–Crippen LogP) is 1.82. The van der Waals surface area contributed by atoms with Crippen molar-refractivity contribution in [2.75, 3.05) is 0 Å². The minimum atomic E-state index is -0.855. The van der Waals surface area contributed by atoms with Crippen LogP contribution in [0.2, 0.25) is 0 Å². The van der Waals surface area contributed by atoms with E-state index in [1.54, 1.807) is 6.08 Å². The van der Waals surface area contributed by atoms with Gasteiger partial charge in [0.15, 0.2) is 0 Å². The van der Waals surface area contributed by atoms with Crippen molar-refractivity contribution < 1.29 is 9.90 Å². The molecule has 0 saturated heterocycles. The van der Waals surface area contributed by atoms with Crippen molar-refractivity contribution in [1.82, 2.24) is 0 Å². The number of carboxylic acids is 1. The van der Waals surface area contributed by atoms with Crippen molar-refractivity contribution in [1.29, 1.82) is 0 Å². The third-order valence-electron chi connectivity index (χ3n) is 0.985. The van der Waals surface area contributed by atoms with Gasteiger partial charge in [-0.1, -0.05) is 25.8 Å². The maximum absolute atomic E-state index is 9.88. The Hall–Kier alpha value is -0.790. The van der Waals surface area contributed by atoms with Crippen molar-refractivity contribution in [3.8, 4) is 0 Å². The zero-order valence-electron chi connectivity index (χ0n) is 5.63. The molecule has 0 saturated carbocycles. The summed E-state index contributed by atoms with van der Waals surface area (Å²) in [6.07, 6.45) is 5.94. The molecular weight excluding hydrogens is 116 g/mol. The third-order valence-corrected chi connectivity index (χ3v) is 0.985. The lowest BCUT2D eigenvalue weighted by atomic mass is 10.2. The molecule has 0 aromatic carbocycles. The summed E-state index contributed by atoms with van der Waals surface area (Å²) in [4.78, 5) is 9.88. The van der Waals surface area contributed by atoms with Gasteiger partial charge in [-0.2, -0.15) is 0 Å². The molecule has 0 bridgehead atoms. The highest BCUT2D eigenvalue weighted by Crippen LogP contribution is 1.93. The van der Waals surface area contributed by atoms with Crippen LogP contribution in [0.5, 0.6) is 0 Å². The highest BCUT2D eigenvalue weighted by atomic mass is 16.4. The topological polar surface area (TPSA) is 37.3 Å². The van der Waals surface area contributed by atoms with Gasteiger partial charge in [0, 0.05) is 6.08 Å². The molecule has 0 atom stereocenters. The molecule has 1 N–H and O–H groups in total. The van der Waals surface area contributed by atoms with Crippen LogP contribution in [0.1, 0.15) is 26.2 Å². The Morgan fingerprint density at radius 1 is 1.67 bits per heavy atom. The molecule has 0 heterocycles. The summed E-state index contributed by atoms with van der Waals surface area (Å²) in [5.41, 5.74) is 0. The second kappa shape index (κ2) is 5.35. The number of aliphatic carboxylic acids is 1. The van der Waals surface area contributed by atoms with Gasteiger partial charge in [-0.15, -0.1) is 0 Å². The molecule has 0 unspecified atom stereocenters. The Kier molecular flexibility index (Phi) is 4.88. The van der Waals surface area contributed by atoms with Crippen molar-refractivity contribution in [3.05, 3.63) is 12.2 Å². The van der Waals surface area contributed by atoms with E-state index in [1.165, 1.54) is 6.08 Å². The molecule has 2 heteroatoms. The number of hydrogen-bond acceptors (Lipinski definition) is 1. The number of rotatable bonds is 4. The Balaban J connectivity index is 3.15. The van der Waals surface area contributed by atoms with Crippen LogP contribution < -0.4 is 0 Å². The molecule has 52 valence electrons. The Morgan fingerprint density at radius 3 is 2.78 bits per heavy atom. The van der Waals surface area contributed by atoms with Crippen LogP contribution >= 0.6 is 0 Å². The summed E-state index contributed by atoms with van der Waals surface area (Å²) in [6, 6.07) is 0. The van der Waals surface area contributed by atoms with Crippen molar-refractivity contribution in [2.24, 2.45) is 0 Å². The van der Waals surface area contributed by atoms with Crippen LogP contribution in [-0.2, 0) is 4.79 Å². The van der Waals surface area contributed by atoms with Crippen LogP contribution in [0.15, 0.2) is 12.2 Å². The van der Waals surface area contributed by atoms with E-state index in [2.05, 4.69) is 6.92 Å². The van der Waals surface area contributed by atoms with Crippen molar-refractivity contribution in [2.45, 2.75) is 26.2 Å². The first-order valence-corrected chi connectivity index (χ1v) is 3.17. The highest BCUT2D eigenvalue weighted by Gasteiger charge is 1.83. The lowest BCUT2D eigenvalue weighted by Crippen LogP contribution is -1.85. The van der Waals surface area contributed by atoms with E-state index in [9.17, 15) is 4.79 Å². The second-order valence-corrected chi connectivity index (χ2v) is 1.88. The standard InChI is InChI=1S/C7H12O2/c1-2-3-4-5-6-7(8)9/h5-6H,2-4H2,1H3,(H,8,9). The first-order valence-electron chi connectivity index (χ1n) is 3.17. The number of carboxylic acid groups (broad SMARTS) is 1. The van der Waals surface area contributed by atoms with E-state index < -0.39 is 5.97 Å². The second-order valence-electron chi connectivity index (χ2n) is 1.88. The van der Waals surface area contributed by atoms with Gasteiger partial charge >= 0.3 is 5.97 Å². The molecule has 0 radical (unpaired) electrons. The monoisotopic (exact) mass is 128 g/mol. The highest BCUT2D eigenvalue weighted by molar-refractivity contribution is 5.79. The molecule has 0 aliphatic heterocycles. The van der Waals surface area contributed by atoms with Gasteiger partial charge < -0.3 is 5.11 Å². The number of carbonyl (C=O) groups is 1. The molecule has 0 amide bonds. The van der Waals surface area contributed by atoms with E-state index >= 15 is 0 Å². The lowest BCUT2D eigenvalue weighted by molar-refractivity contribution is -0.131. The molecular formula is C7H12O2. The van der Waals surface area contributed by atoms with Gasteiger partial charge in [-0.25, -0.2) is 4.79 Å². The van der Waals surface area contributed by atoms with E-state index in [4.69, 9.17) is 5.11 Å². The van der Waals surface area contributed by atoms with E-state index in [0.29, 0.717) is 0 Å². The fraction of sp³-hybridized carbons (Fsp3) is 0.571. The fourth-order valence-electron chi connectivity index (χ4n) is 0.506. The summed E-state index contributed by atoms with van der Waals surface area (Å²) < 4.78 is 0. The van der Waals surface area contributed by atoms with Gasteiger partial charge in [0.25, 0.3) is 0 Å². The summed E-state index contributed by atoms with van der Waals surface area (Å²) in [5.74, 6) is -0.855. The molecule has 0 aliphatic rings. The minimum absolute atomic E-state index is 0.855. The normalized spacial score (nSPS) is 10.3. The van der Waals surface area contributed by atoms with Crippen LogP contribution in [-0.4, -0.2) is 11.1 Å². The zero-order valence-corrected chi connectivity index (χ0v) is 5.63. The van der Waals surface area contributed by atoms with E-state index in [0.717, 1.165) is 19.3 Å². The molecule has 0 aliphatic carbocycles. The molecule has 0 aromatic rings. The van der Waals surface area contributed by atoms with Crippen LogP contribution in [0, 0.1) is 0 Å². The average Bonchev–Trinajstić information content (AvgIpc) is 1.80. The maximum Gasteiger partial charge on any atom is 0.327 e. The van der Waals surface area contributed by atoms with Crippen LogP contribution in [0.25, 0.3) is 0 Å². The Morgan fingerprint density at radius 2 is 2.33 bits per heavy atom. The Bertz CT molecular complexity index is 105. The first kappa shape index (κ1) is 8.21. The minimum Gasteiger partial charge on any atom is -0.478 e. The number of unbranched alkanes of at least 4 members (excludes halogenated alkanes) is 2. The van der Waals surface area contributed by atoms with Crippen LogP contribution in [0.4, 0.5) is 0 Å². The van der Waals surface area contributed by atoms with Gasteiger partial charge in [0.05, 0.1) is 0 Å². The molecule has 0 spiro atoms. The first-order chi connectivity index (χ1) is 4.27. The summed E-state index contributed by atoms with van der Waals surface area (Å²) in [7, 11) is 0. The van der Waals surface area contributed by atoms with Crippen LogP contribution in [0.3, 0.4) is 0 Å². The lowest BCUT2D eigenvalue weighted by Gasteiger charge is -1.85. The summed E-state index contributed by atoms with van der Waals surface area (Å²) in [5, 5.41) is 8.13. The molecule has 0 aromatic heterocycles. The summed E-state index contributed by atoms with van der Waals surface area (Å²) in [6.45, 7) is 2.08. The molecule has 9 heavy (non-hydrogen) atoms. The fourth-order valence-corrected chi connectivity index (χ4v) is 0.506. The van der Waals surface area contributed by atoms with E-state index in [1.807, 2.05) is 0 Å².